The molecule has 1 heterocycles. The molecule has 2 nitrogen and oxygen atoms in total. The third-order valence-corrected chi connectivity index (χ3v) is 4.13. The zero-order valence-electron chi connectivity index (χ0n) is 11.8. The van der Waals surface area contributed by atoms with E-state index in [-0.39, 0.29) is 0 Å². The molecule has 1 aliphatic heterocycles. The number of hydrogen-bond acceptors (Lipinski definition) is 2. The van der Waals surface area contributed by atoms with Gasteiger partial charge < -0.3 is 5.73 Å². The molecular weight excluding hydrogens is 220 g/mol. The lowest BCUT2D eigenvalue weighted by Gasteiger charge is -2.51. The lowest BCUT2D eigenvalue weighted by atomic mass is 9.72. The average Bonchev–Trinajstić information content (AvgIpc) is 2.30. The number of likely N-dealkylation sites (tertiary alicyclic amines) is 1. The SMILES string of the molecule is CCCC1(CCC)CN(Cc2ccccc2N)C1. The van der Waals surface area contributed by atoms with Crippen molar-refractivity contribution in [3.8, 4) is 0 Å². The minimum atomic E-state index is 0.604. The Morgan fingerprint density at radius 1 is 1.11 bits per heavy atom. The van der Waals surface area contributed by atoms with Crippen LogP contribution >= 0.6 is 0 Å². The lowest BCUT2D eigenvalue weighted by Crippen LogP contribution is -2.55. The van der Waals surface area contributed by atoms with Crippen molar-refractivity contribution in [3.63, 3.8) is 0 Å². The first kappa shape index (κ1) is 13.4. The van der Waals surface area contributed by atoms with Crippen LogP contribution < -0.4 is 5.73 Å². The molecule has 2 N–H and O–H groups in total. The molecule has 1 aliphatic rings. The van der Waals surface area contributed by atoms with Crippen LogP contribution in [0.1, 0.15) is 45.1 Å². The zero-order valence-corrected chi connectivity index (χ0v) is 11.8. The number of anilines is 1. The Balaban J connectivity index is 1.90. The van der Waals surface area contributed by atoms with Crippen molar-refractivity contribution in [2.45, 2.75) is 46.1 Å². The monoisotopic (exact) mass is 246 g/mol. The Hall–Kier alpha value is -1.02. The van der Waals surface area contributed by atoms with Crippen LogP contribution in [0.15, 0.2) is 24.3 Å². The molecule has 0 unspecified atom stereocenters. The smallest absolute Gasteiger partial charge is 0.0359 e. The summed E-state index contributed by atoms with van der Waals surface area (Å²) in [6, 6.07) is 8.24. The third-order valence-electron chi connectivity index (χ3n) is 4.13. The van der Waals surface area contributed by atoms with E-state index in [2.05, 4.69) is 30.9 Å². The Bertz CT molecular complexity index is 372. The van der Waals surface area contributed by atoms with E-state index in [0.717, 1.165) is 12.2 Å². The van der Waals surface area contributed by atoms with Gasteiger partial charge in [0.05, 0.1) is 0 Å². The molecule has 1 aromatic rings. The second-order valence-electron chi connectivity index (χ2n) is 5.84. The van der Waals surface area contributed by atoms with Gasteiger partial charge in [-0.15, -0.1) is 0 Å². The molecular formula is C16H26N2. The first-order valence-electron chi connectivity index (χ1n) is 7.25. The Morgan fingerprint density at radius 2 is 1.72 bits per heavy atom. The first-order chi connectivity index (χ1) is 8.69. The molecule has 1 fully saturated rings. The number of nitrogens with zero attached hydrogens (tertiary/aromatic N) is 1. The van der Waals surface area contributed by atoms with Gasteiger partial charge in [-0.1, -0.05) is 44.9 Å². The lowest BCUT2D eigenvalue weighted by molar-refractivity contribution is -0.0202. The van der Waals surface area contributed by atoms with Gasteiger partial charge in [0, 0.05) is 25.3 Å². The molecule has 0 saturated carbocycles. The molecule has 0 aliphatic carbocycles. The summed E-state index contributed by atoms with van der Waals surface area (Å²) in [7, 11) is 0. The number of para-hydroxylation sites is 1. The van der Waals surface area contributed by atoms with E-state index in [9.17, 15) is 0 Å². The number of nitrogen functional groups attached to an aromatic ring is 1. The normalized spacial score (nSPS) is 18.6. The summed E-state index contributed by atoms with van der Waals surface area (Å²) < 4.78 is 0. The van der Waals surface area contributed by atoms with Crippen molar-refractivity contribution >= 4 is 5.69 Å². The van der Waals surface area contributed by atoms with Gasteiger partial charge in [-0.2, -0.15) is 0 Å². The molecule has 0 bridgehead atoms. The summed E-state index contributed by atoms with van der Waals surface area (Å²) in [4.78, 5) is 2.54. The van der Waals surface area contributed by atoms with Gasteiger partial charge in [0.15, 0.2) is 0 Å². The Labute approximate surface area is 111 Å². The summed E-state index contributed by atoms with van der Waals surface area (Å²) in [6.07, 6.45) is 5.37. The Morgan fingerprint density at radius 3 is 2.28 bits per heavy atom. The van der Waals surface area contributed by atoms with Crippen LogP contribution in [-0.2, 0) is 6.54 Å². The molecule has 0 radical (unpaired) electrons. The highest BCUT2D eigenvalue weighted by molar-refractivity contribution is 5.46. The van der Waals surface area contributed by atoms with Crippen molar-refractivity contribution in [3.05, 3.63) is 29.8 Å². The van der Waals surface area contributed by atoms with Gasteiger partial charge in [0.2, 0.25) is 0 Å². The predicted octanol–water partition coefficient (Wildman–Crippen LogP) is 3.67. The van der Waals surface area contributed by atoms with E-state index in [4.69, 9.17) is 5.73 Å². The van der Waals surface area contributed by atoms with Crippen LogP contribution in [-0.4, -0.2) is 18.0 Å². The quantitative estimate of drug-likeness (QED) is 0.776. The number of rotatable bonds is 6. The van der Waals surface area contributed by atoms with E-state index in [1.165, 1.54) is 44.3 Å². The Kier molecular flexibility index (Phi) is 4.28. The van der Waals surface area contributed by atoms with Gasteiger partial charge in [-0.3, -0.25) is 4.90 Å². The summed E-state index contributed by atoms with van der Waals surface area (Å²) >= 11 is 0. The van der Waals surface area contributed by atoms with Crippen molar-refractivity contribution in [1.29, 1.82) is 0 Å². The van der Waals surface area contributed by atoms with Gasteiger partial charge in [-0.25, -0.2) is 0 Å². The van der Waals surface area contributed by atoms with Crippen LogP contribution in [0.2, 0.25) is 0 Å². The van der Waals surface area contributed by atoms with Crippen molar-refractivity contribution in [2.24, 2.45) is 5.41 Å². The van der Waals surface area contributed by atoms with Crippen LogP contribution in [0, 0.1) is 5.41 Å². The molecule has 0 amide bonds. The second-order valence-corrected chi connectivity index (χ2v) is 5.84. The van der Waals surface area contributed by atoms with Gasteiger partial charge in [-0.05, 0) is 29.9 Å². The van der Waals surface area contributed by atoms with E-state index >= 15 is 0 Å². The third kappa shape index (κ3) is 2.86. The zero-order chi connectivity index (χ0) is 13.0. The molecule has 0 spiro atoms. The maximum Gasteiger partial charge on any atom is 0.0359 e. The fraction of sp³-hybridized carbons (Fsp3) is 0.625. The van der Waals surface area contributed by atoms with E-state index in [1.54, 1.807) is 0 Å². The molecule has 0 aromatic heterocycles. The van der Waals surface area contributed by atoms with Crippen LogP contribution in [0.4, 0.5) is 5.69 Å². The summed E-state index contributed by atoms with van der Waals surface area (Å²) in [5, 5.41) is 0. The molecule has 2 rings (SSSR count). The van der Waals surface area contributed by atoms with E-state index in [0.29, 0.717) is 5.41 Å². The van der Waals surface area contributed by atoms with Gasteiger partial charge >= 0.3 is 0 Å². The van der Waals surface area contributed by atoms with Crippen molar-refractivity contribution in [2.75, 3.05) is 18.8 Å². The summed E-state index contributed by atoms with van der Waals surface area (Å²) in [6.45, 7) is 8.12. The fourth-order valence-corrected chi connectivity index (χ4v) is 3.44. The summed E-state index contributed by atoms with van der Waals surface area (Å²) in [5.74, 6) is 0. The minimum absolute atomic E-state index is 0.604. The molecule has 2 heteroatoms. The standard InChI is InChI=1S/C16H26N2/c1-3-9-16(10-4-2)12-18(13-16)11-14-7-5-6-8-15(14)17/h5-8H,3-4,9-13,17H2,1-2H3. The van der Waals surface area contributed by atoms with E-state index in [1.807, 2.05) is 12.1 Å². The maximum atomic E-state index is 6.01. The summed E-state index contributed by atoms with van der Waals surface area (Å²) in [5.41, 5.74) is 8.82. The molecule has 100 valence electrons. The van der Waals surface area contributed by atoms with Crippen molar-refractivity contribution in [1.82, 2.24) is 4.90 Å². The minimum Gasteiger partial charge on any atom is -0.398 e. The molecule has 1 saturated heterocycles. The van der Waals surface area contributed by atoms with Crippen molar-refractivity contribution < 1.29 is 0 Å². The highest BCUT2D eigenvalue weighted by Crippen LogP contribution is 2.40. The highest BCUT2D eigenvalue weighted by atomic mass is 15.2. The molecule has 0 atom stereocenters. The number of hydrogen-bond donors (Lipinski definition) is 1. The van der Waals surface area contributed by atoms with Gasteiger partial charge in [0.1, 0.15) is 0 Å². The molecule has 1 aromatic carbocycles. The first-order valence-corrected chi connectivity index (χ1v) is 7.25. The van der Waals surface area contributed by atoms with Crippen LogP contribution in [0.3, 0.4) is 0 Å². The number of nitrogens with two attached hydrogens (primary N) is 1. The van der Waals surface area contributed by atoms with E-state index < -0.39 is 0 Å². The predicted molar refractivity (Wildman–Crippen MR) is 78.4 cm³/mol. The second kappa shape index (κ2) is 5.75. The van der Waals surface area contributed by atoms with Gasteiger partial charge in [0.25, 0.3) is 0 Å². The maximum absolute atomic E-state index is 6.01. The van der Waals surface area contributed by atoms with Crippen LogP contribution in [0.25, 0.3) is 0 Å². The highest BCUT2D eigenvalue weighted by Gasteiger charge is 2.40. The van der Waals surface area contributed by atoms with Crippen LogP contribution in [0.5, 0.6) is 0 Å². The fourth-order valence-electron chi connectivity index (χ4n) is 3.44. The average molecular weight is 246 g/mol. The topological polar surface area (TPSA) is 29.3 Å². The molecule has 18 heavy (non-hydrogen) atoms. The number of benzene rings is 1. The largest absolute Gasteiger partial charge is 0.398 e.